The fourth-order valence-corrected chi connectivity index (χ4v) is 31.3. The molecule has 8 nitrogen and oxygen atoms in total. The highest BCUT2D eigenvalue weighted by atomic mass is 15.4. The van der Waals surface area contributed by atoms with E-state index in [1.54, 1.807) is 0 Å². The molecule has 9 rings (SSSR count). The lowest BCUT2D eigenvalue weighted by molar-refractivity contribution is -0.0609. The predicted molar refractivity (Wildman–Crippen MR) is 525 cm³/mol. The molecule has 8 N–H and O–H groups in total. The summed E-state index contributed by atoms with van der Waals surface area (Å²) in [6.45, 7) is 40.3. The topological polar surface area (TPSA) is 96.2 Å². The summed E-state index contributed by atoms with van der Waals surface area (Å²) in [5.74, 6) is 17.1. The molecule has 0 aromatic rings. The molecular weight excluding hydrogens is 1460 g/mol. The molecule has 8 heteroatoms. The van der Waals surface area contributed by atoms with Crippen LogP contribution in [0.15, 0.2) is 0 Å². The highest BCUT2D eigenvalue weighted by molar-refractivity contribution is 5.18. The van der Waals surface area contributed by atoms with Gasteiger partial charge in [0.15, 0.2) is 0 Å². The van der Waals surface area contributed by atoms with Gasteiger partial charge in [-0.15, -0.1) is 0 Å². The number of fused-ring (bicyclic) bond motifs is 20. The van der Waals surface area contributed by atoms with Crippen LogP contribution in [0.1, 0.15) is 522 Å². The number of unbranched alkanes of at least 4 members (excludes halogenated alkanes) is 32. The Morgan fingerprint density at radius 2 is 0.175 bits per heavy atom. The quantitative estimate of drug-likeness (QED) is 0.0286. The molecule has 4 saturated carbocycles. The van der Waals surface area contributed by atoms with Crippen molar-refractivity contribution in [2.24, 2.45) is 142 Å². The maximum absolute atomic E-state index is 5.28. The SMILES string of the molecule is CCCCCC1C(CCCCC)C(CCCCC)C2C3NC(NC4NC(NC5NC(NC6NC(N3)C3C(CCCCC)C(CCCCC)C(CCCCC)C(CCCCC)C63)C3C(CCCCC)C(CCCCC)C(CCCCC)C(CCCCC)C53)C3C(CCCCC)C(CCCCC)C(CCCCC)C(CCCCC)C43)C2C1CCCCC. The molecule has 0 spiro atoms. The van der Waals surface area contributed by atoms with Crippen molar-refractivity contribution in [1.82, 2.24) is 42.5 Å². The van der Waals surface area contributed by atoms with Gasteiger partial charge in [0.05, 0.1) is 49.3 Å². The molecule has 0 aromatic heterocycles. The van der Waals surface area contributed by atoms with Gasteiger partial charge in [-0.1, -0.05) is 419 Å². The Labute approximate surface area is 751 Å². The summed E-state index contributed by atoms with van der Waals surface area (Å²) >= 11 is 0. The standard InChI is InChI=1S/C112H216N8/c1-17-33-49-65-81-82(66-50-34-18-2)90(74-58-42-26-10)98-97(89(81)73-57-41-25-9)105-113-106(98)118-108-101-93(77-61-45-29-13)85(69-53-37-21-5)86(70-54-38-22-6)94(78-62-46-30-14)102(101)110(115-108)120-112-104-96(80-64-48-32-16)88(72-56-40-24-8)87(71-55-39-23-7)95(79-63-47-31-15)103(104)111(116-112)119-109-100-92(76-60-44-28-12)84(68-52-36-20-4)83(67-51-35-19-3)91(75-59-43-27-11)99(100)107(114-109)117-105/h81-120H,17-80H2,1-16H3. The lowest BCUT2D eigenvalue weighted by atomic mass is 9.52. The van der Waals surface area contributed by atoms with Gasteiger partial charge in [-0.2, -0.15) is 0 Å². The van der Waals surface area contributed by atoms with E-state index in [0.29, 0.717) is 47.3 Å². The maximum atomic E-state index is 5.28. The summed E-state index contributed by atoms with van der Waals surface area (Å²) in [5, 5.41) is 41.7. The van der Waals surface area contributed by atoms with Gasteiger partial charge in [0, 0.05) is 0 Å². The highest BCUT2D eigenvalue weighted by Gasteiger charge is 2.66. The normalized spacial score (nSPS) is 37.2. The van der Waals surface area contributed by atoms with Crippen LogP contribution in [0.5, 0.6) is 0 Å². The molecule has 704 valence electrons. The number of hydrogen-bond acceptors (Lipinski definition) is 8. The maximum Gasteiger partial charge on any atom is 0.0631 e. The third kappa shape index (κ3) is 27.9. The van der Waals surface area contributed by atoms with Crippen LogP contribution in [-0.4, -0.2) is 49.3 Å². The summed E-state index contributed by atoms with van der Waals surface area (Å²) in [6.07, 6.45) is 91.6. The molecule has 9 aliphatic rings. The molecule has 8 bridgehead atoms. The van der Waals surface area contributed by atoms with Gasteiger partial charge in [0.25, 0.3) is 0 Å². The van der Waals surface area contributed by atoms with E-state index in [9.17, 15) is 0 Å². The Morgan fingerprint density at radius 1 is 0.100 bits per heavy atom. The van der Waals surface area contributed by atoms with E-state index < -0.39 is 0 Å². The van der Waals surface area contributed by atoms with Gasteiger partial charge < -0.3 is 0 Å². The van der Waals surface area contributed by atoms with E-state index in [4.69, 9.17) is 42.5 Å². The molecule has 5 saturated heterocycles. The Hall–Kier alpha value is -0.320. The van der Waals surface area contributed by atoms with Crippen molar-refractivity contribution in [3.05, 3.63) is 0 Å². The van der Waals surface area contributed by atoms with Crippen LogP contribution in [0.3, 0.4) is 0 Å². The summed E-state index contributed by atoms with van der Waals surface area (Å²) in [6, 6.07) is 0. The smallest absolute Gasteiger partial charge is 0.0631 e. The van der Waals surface area contributed by atoms with E-state index >= 15 is 0 Å². The first kappa shape index (κ1) is 103. The molecular formula is C112H216N8. The number of nitrogens with one attached hydrogen (secondary N) is 8. The van der Waals surface area contributed by atoms with Crippen molar-refractivity contribution in [2.75, 3.05) is 0 Å². The summed E-state index contributed by atoms with van der Waals surface area (Å²) < 4.78 is 0. The predicted octanol–water partition coefficient (Wildman–Crippen LogP) is 31.5. The first-order chi connectivity index (χ1) is 59.0. The van der Waals surface area contributed by atoms with Gasteiger partial charge in [-0.3, -0.25) is 42.5 Å². The second-order valence-corrected chi connectivity index (χ2v) is 44.3. The van der Waals surface area contributed by atoms with E-state index in [-0.39, 0.29) is 49.3 Å². The van der Waals surface area contributed by atoms with E-state index in [2.05, 4.69) is 111 Å². The molecule has 24 atom stereocenters. The van der Waals surface area contributed by atoms with Crippen LogP contribution in [0.2, 0.25) is 0 Å². The Morgan fingerprint density at radius 3 is 0.250 bits per heavy atom. The molecule has 4 aliphatic carbocycles. The van der Waals surface area contributed by atoms with Gasteiger partial charge in [0.2, 0.25) is 0 Å². The van der Waals surface area contributed by atoms with Gasteiger partial charge in [0.1, 0.15) is 0 Å². The number of rotatable bonds is 64. The fraction of sp³-hybridized carbons (Fsp3) is 1.00. The van der Waals surface area contributed by atoms with Crippen LogP contribution in [-0.2, 0) is 0 Å². The molecule has 0 amide bonds. The monoisotopic (exact) mass is 1670 g/mol. The van der Waals surface area contributed by atoms with Gasteiger partial charge in [-0.25, -0.2) is 0 Å². The van der Waals surface area contributed by atoms with Gasteiger partial charge >= 0.3 is 0 Å². The Balaban J connectivity index is 1.40. The number of hydrogen-bond donors (Lipinski definition) is 8. The minimum Gasteiger partial charge on any atom is -0.286 e. The van der Waals surface area contributed by atoms with Crippen molar-refractivity contribution < 1.29 is 0 Å². The van der Waals surface area contributed by atoms with Crippen molar-refractivity contribution in [2.45, 2.75) is 571 Å². The average Bonchev–Trinajstić information content (AvgIpc) is 1.55. The second kappa shape index (κ2) is 58.5. The van der Waals surface area contributed by atoms with Crippen LogP contribution < -0.4 is 42.5 Å². The first-order valence-corrected chi connectivity index (χ1v) is 57.1. The molecule has 5 aliphatic heterocycles. The minimum atomic E-state index is 0.264. The zero-order chi connectivity index (χ0) is 85.4. The molecule has 0 aromatic carbocycles. The van der Waals surface area contributed by atoms with E-state index in [1.165, 1.54) is 411 Å². The van der Waals surface area contributed by atoms with Crippen LogP contribution in [0, 0.1) is 142 Å². The van der Waals surface area contributed by atoms with Crippen LogP contribution >= 0.6 is 0 Å². The molecule has 120 heavy (non-hydrogen) atoms. The summed E-state index contributed by atoms with van der Waals surface area (Å²) in [4.78, 5) is 0. The lowest BCUT2D eigenvalue weighted by Gasteiger charge is -2.55. The molecule has 5 heterocycles. The summed E-state index contributed by atoms with van der Waals surface area (Å²) in [7, 11) is 0. The van der Waals surface area contributed by atoms with Crippen molar-refractivity contribution in [3.63, 3.8) is 0 Å². The lowest BCUT2D eigenvalue weighted by Crippen LogP contribution is -2.62. The van der Waals surface area contributed by atoms with Crippen LogP contribution in [0.4, 0.5) is 0 Å². The average molecular weight is 1680 g/mol. The largest absolute Gasteiger partial charge is 0.286 e. The fourth-order valence-electron chi connectivity index (χ4n) is 31.3. The van der Waals surface area contributed by atoms with Crippen molar-refractivity contribution >= 4 is 0 Å². The third-order valence-corrected chi connectivity index (χ3v) is 36.5. The van der Waals surface area contributed by atoms with Crippen molar-refractivity contribution in [1.29, 1.82) is 0 Å². The van der Waals surface area contributed by atoms with E-state index in [0.717, 1.165) is 94.7 Å². The highest BCUT2D eigenvalue weighted by Crippen LogP contribution is 2.64. The van der Waals surface area contributed by atoms with Crippen LogP contribution in [0.25, 0.3) is 0 Å². The first-order valence-electron chi connectivity index (χ1n) is 57.1. The zero-order valence-corrected chi connectivity index (χ0v) is 83.7. The van der Waals surface area contributed by atoms with Gasteiger partial charge in [-0.05, 0) is 245 Å². The molecule has 24 unspecified atom stereocenters. The Kier molecular flexibility index (Phi) is 50.4. The molecule has 0 radical (unpaired) electrons. The minimum absolute atomic E-state index is 0.264. The van der Waals surface area contributed by atoms with E-state index in [1.807, 2.05) is 0 Å². The van der Waals surface area contributed by atoms with Crippen molar-refractivity contribution in [3.8, 4) is 0 Å². The molecule has 9 fully saturated rings. The zero-order valence-electron chi connectivity index (χ0n) is 83.7. The Bertz CT molecular complexity index is 2030. The summed E-state index contributed by atoms with van der Waals surface area (Å²) in [5.41, 5.74) is 0. The second-order valence-electron chi connectivity index (χ2n) is 44.3. The third-order valence-electron chi connectivity index (χ3n) is 36.5.